The smallest absolute Gasteiger partial charge is 0.284 e. The van der Waals surface area contributed by atoms with Crippen molar-refractivity contribution in [2.75, 3.05) is 0 Å². The molecule has 0 unspecified atom stereocenters. The first-order valence-corrected chi connectivity index (χ1v) is 4.15. The van der Waals surface area contributed by atoms with E-state index < -0.39 is 23.4 Å². The summed E-state index contributed by atoms with van der Waals surface area (Å²) in [4.78, 5) is 9.36. The average molecular weight is 213 g/mol. The fourth-order valence-electron chi connectivity index (χ4n) is 0.0315. The van der Waals surface area contributed by atoms with Crippen LogP contribution in [0.15, 0.2) is 10.2 Å². The molecule has 0 aliphatic rings. The maximum absolute atomic E-state index is 9.70. The summed E-state index contributed by atoms with van der Waals surface area (Å²) in [5.41, 5.74) is 0. The van der Waals surface area contributed by atoms with Gasteiger partial charge in [-0.2, -0.15) is 0 Å². The van der Waals surface area contributed by atoms with Gasteiger partial charge in [0.25, 0.3) is 0 Å². The van der Waals surface area contributed by atoms with E-state index in [1.807, 2.05) is 0 Å². The highest BCUT2D eigenvalue weighted by atomic mass is 127. The molecule has 0 aliphatic carbocycles. The van der Waals surface area contributed by atoms with Gasteiger partial charge in [-0.25, -0.2) is 6.14 Å². The minimum absolute atomic E-state index is 0.413. The van der Waals surface area contributed by atoms with Gasteiger partial charge in [-0.3, -0.25) is 4.79 Å². The molecule has 0 rings (SSSR count). The van der Waals surface area contributed by atoms with Gasteiger partial charge in [-0.15, -0.1) is 0 Å². The third-order valence-corrected chi connectivity index (χ3v) is 1.58. The highest BCUT2D eigenvalue weighted by Crippen LogP contribution is 2.13. The SMILES string of the molecule is C=C([C]=O)I(=O)=O. The Morgan fingerprint density at radius 1 is 1.57 bits per heavy atom. The van der Waals surface area contributed by atoms with Crippen molar-refractivity contribution >= 4 is 26.1 Å². The molecule has 0 N–H and O–H groups in total. The topological polar surface area (TPSA) is 51.2 Å². The Kier molecular flexibility index (Phi) is 2.73. The molecule has 0 saturated heterocycles. The van der Waals surface area contributed by atoms with Crippen molar-refractivity contribution in [3.63, 3.8) is 0 Å². The predicted octanol–water partition coefficient (Wildman–Crippen LogP) is 0.807. The second kappa shape index (κ2) is 2.84. The summed E-state index contributed by atoms with van der Waals surface area (Å²) in [5, 5.41) is 0. The second-order valence-corrected chi connectivity index (χ2v) is 3.27. The summed E-state index contributed by atoms with van der Waals surface area (Å²) >= 11 is -3.53. The van der Waals surface area contributed by atoms with Crippen molar-refractivity contribution < 1.29 is 10.9 Å². The zero-order chi connectivity index (χ0) is 5.86. The number of hydrogen-bond donors (Lipinski definition) is 0. The van der Waals surface area contributed by atoms with Crippen LogP contribution in [0.4, 0.5) is 0 Å². The normalized spacial score (nSPS) is 8.71. The first kappa shape index (κ1) is 6.74. The van der Waals surface area contributed by atoms with Gasteiger partial charge in [0.2, 0.25) is 6.29 Å². The Morgan fingerprint density at radius 2 is 2.00 bits per heavy atom. The fraction of sp³-hybridized carbons (Fsp3) is 0. The molecule has 7 heavy (non-hydrogen) atoms. The van der Waals surface area contributed by atoms with Gasteiger partial charge in [0, 0.05) is 0 Å². The first-order valence-electron chi connectivity index (χ1n) is 1.31. The van der Waals surface area contributed by atoms with Crippen LogP contribution in [-0.2, 0) is 10.9 Å². The maximum Gasteiger partial charge on any atom is 0.344 e. The summed E-state index contributed by atoms with van der Waals surface area (Å²) in [7, 11) is 0. The molecule has 39 valence electrons. The van der Waals surface area contributed by atoms with Crippen LogP contribution in [0.3, 0.4) is 0 Å². The quantitative estimate of drug-likeness (QED) is 0.503. The summed E-state index contributed by atoms with van der Waals surface area (Å²) in [6.07, 6.45) is 1.16. The number of hydrogen-bond acceptors (Lipinski definition) is 3. The lowest BCUT2D eigenvalue weighted by Crippen LogP contribution is -1.63. The van der Waals surface area contributed by atoms with E-state index in [1.54, 1.807) is 0 Å². The predicted molar refractivity (Wildman–Crippen MR) is 30.2 cm³/mol. The molecular formula is C3H2IO3. The van der Waals surface area contributed by atoms with E-state index in [4.69, 9.17) is 0 Å². The van der Waals surface area contributed by atoms with Gasteiger partial charge in [-0.05, 0) is 0 Å². The van der Waals surface area contributed by atoms with Crippen LogP contribution < -0.4 is 0 Å². The maximum atomic E-state index is 9.70. The molecule has 0 aliphatic heterocycles. The summed E-state index contributed by atoms with van der Waals surface area (Å²) < 4.78 is 19.0. The standard InChI is InChI=1S/C3H2IO3/c1-3(2-5)4(6)7/h1H2. The van der Waals surface area contributed by atoms with Crippen LogP contribution in [0.25, 0.3) is 0 Å². The van der Waals surface area contributed by atoms with E-state index >= 15 is 0 Å². The van der Waals surface area contributed by atoms with Gasteiger partial charge in [0.1, 0.15) is 3.58 Å². The Bertz CT molecular complexity index is 148. The number of allylic oxidation sites excluding steroid dienone is 1. The van der Waals surface area contributed by atoms with Crippen LogP contribution in [-0.4, -0.2) is 6.29 Å². The molecule has 0 aromatic carbocycles. The van der Waals surface area contributed by atoms with Gasteiger partial charge >= 0.3 is 19.8 Å². The van der Waals surface area contributed by atoms with Crippen molar-refractivity contribution in [3.05, 3.63) is 10.2 Å². The second-order valence-electron chi connectivity index (χ2n) is 0.724. The number of halogens is 1. The highest BCUT2D eigenvalue weighted by molar-refractivity contribution is 14.2. The molecule has 0 amide bonds. The van der Waals surface area contributed by atoms with Crippen LogP contribution in [0.5, 0.6) is 0 Å². The Labute approximate surface area is 47.6 Å². The van der Waals surface area contributed by atoms with Crippen molar-refractivity contribution in [1.82, 2.24) is 0 Å². The molecule has 3 nitrogen and oxygen atoms in total. The highest BCUT2D eigenvalue weighted by Gasteiger charge is 1.94. The zero-order valence-corrected chi connectivity index (χ0v) is 5.47. The molecule has 0 atom stereocenters. The van der Waals surface area contributed by atoms with E-state index in [1.165, 1.54) is 0 Å². The van der Waals surface area contributed by atoms with Crippen LogP contribution in [0.1, 0.15) is 0 Å². The lowest BCUT2D eigenvalue weighted by Gasteiger charge is -1.64. The van der Waals surface area contributed by atoms with E-state index in [0.29, 0.717) is 0 Å². The molecule has 0 bridgehead atoms. The monoisotopic (exact) mass is 213 g/mol. The molecule has 0 aromatic heterocycles. The van der Waals surface area contributed by atoms with Crippen molar-refractivity contribution in [3.8, 4) is 0 Å². The molecule has 0 heterocycles. The third kappa shape index (κ3) is 2.44. The van der Waals surface area contributed by atoms with Crippen molar-refractivity contribution in [2.24, 2.45) is 0 Å². The van der Waals surface area contributed by atoms with Gasteiger partial charge in [0.05, 0.1) is 0 Å². The van der Waals surface area contributed by atoms with Crippen LogP contribution in [0, 0.1) is 0 Å². The molecule has 1 radical (unpaired) electrons. The van der Waals surface area contributed by atoms with E-state index in [0.717, 1.165) is 6.29 Å². The molecule has 0 spiro atoms. The minimum Gasteiger partial charge on any atom is -0.284 e. The Morgan fingerprint density at radius 3 is 2.00 bits per heavy atom. The van der Waals surface area contributed by atoms with Crippen molar-refractivity contribution in [2.45, 2.75) is 0 Å². The molecule has 0 fully saturated rings. The lowest BCUT2D eigenvalue weighted by atomic mass is 10.7. The third-order valence-electron chi connectivity index (χ3n) is 0.297. The van der Waals surface area contributed by atoms with Gasteiger partial charge in [-0.1, -0.05) is 6.58 Å². The van der Waals surface area contributed by atoms with Gasteiger partial charge in [0.15, 0.2) is 0 Å². The molecule has 4 heteroatoms. The van der Waals surface area contributed by atoms with E-state index in [9.17, 15) is 10.9 Å². The van der Waals surface area contributed by atoms with Crippen LogP contribution >= 0.6 is 19.8 Å². The molecular weight excluding hydrogens is 211 g/mol. The summed E-state index contributed by atoms with van der Waals surface area (Å²) in [6, 6.07) is 0. The minimum atomic E-state index is -3.53. The molecule has 0 aromatic rings. The molecule has 0 saturated carbocycles. The van der Waals surface area contributed by atoms with Crippen LogP contribution in [0.2, 0.25) is 0 Å². The average Bonchev–Trinajstić information content (AvgIpc) is 1.65. The Hall–Kier alpha value is -0.260. The summed E-state index contributed by atoms with van der Waals surface area (Å²) in [6.45, 7) is 2.89. The first-order chi connectivity index (χ1) is 3.18. The largest absolute Gasteiger partial charge is 0.344 e. The Balaban J connectivity index is 4.10. The zero-order valence-electron chi connectivity index (χ0n) is 3.31. The summed E-state index contributed by atoms with van der Waals surface area (Å²) in [5.74, 6) is 0. The van der Waals surface area contributed by atoms with E-state index in [-0.39, 0.29) is 0 Å². The number of rotatable bonds is 2. The fourth-order valence-corrected chi connectivity index (χ4v) is 0.211. The van der Waals surface area contributed by atoms with Gasteiger partial charge < -0.3 is 0 Å². The number of carbonyl (C=O) groups excluding carboxylic acids is 1. The van der Waals surface area contributed by atoms with E-state index in [2.05, 4.69) is 6.58 Å². The van der Waals surface area contributed by atoms with Crippen molar-refractivity contribution in [1.29, 1.82) is 0 Å². The lowest BCUT2D eigenvalue weighted by molar-refractivity contribution is 0.564.